The van der Waals surface area contributed by atoms with Crippen molar-refractivity contribution < 1.29 is 13.9 Å². The topological polar surface area (TPSA) is 43.6 Å². The van der Waals surface area contributed by atoms with Crippen molar-refractivity contribution in [2.24, 2.45) is 0 Å². The number of nitrogens with one attached hydrogen (secondary N) is 1. The van der Waals surface area contributed by atoms with E-state index in [1.54, 1.807) is 14.2 Å². The Morgan fingerprint density at radius 3 is 2.16 bits per heavy atom. The molecule has 19 heavy (non-hydrogen) atoms. The van der Waals surface area contributed by atoms with Crippen LogP contribution in [0, 0.1) is 0 Å². The Morgan fingerprint density at radius 2 is 1.74 bits per heavy atom. The van der Waals surface area contributed by atoms with Crippen molar-refractivity contribution in [1.82, 2.24) is 5.32 Å². The van der Waals surface area contributed by atoms with E-state index in [4.69, 9.17) is 13.9 Å². The zero-order chi connectivity index (χ0) is 13.8. The molecule has 0 aliphatic rings. The molecule has 2 rings (SSSR count). The minimum atomic E-state index is -0.141. The number of methoxy groups -OCH3 is 2. The molecule has 2 aromatic rings. The molecular formula is C14H16BrNO3. The van der Waals surface area contributed by atoms with Crippen molar-refractivity contribution >= 4 is 15.9 Å². The summed E-state index contributed by atoms with van der Waals surface area (Å²) in [6, 6.07) is 9.34. The Kier molecular flexibility index (Phi) is 4.50. The van der Waals surface area contributed by atoms with Gasteiger partial charge in [0.1, 0.15) is 17.3 Å². The monoisotopic (exact) mass is 325 g/mol. The van der Waals surface area contributed by atoms with Gasteiger partial charge < -0.3 is 19.2 Å². The lowest BCUT2D eigenvalue weighted by Crippen LogP contribution is -2.18. The van der Waals surface area contributed by atoms with E-state index in [-0.39, 0.29) is 6.04 Å². The molecule has 1 N–H and O–H groups in total. The molecular weight excluding hydrogens is 310 g/mol. The molecule has 0 fully saturated rings. The van der Waals surface area contributed by atoms with E-state index >= 15 is 0 Å². The van der Waals surface area contributed by atoms with Gasteiger partial charge in [-0.2, -0.15) is 0 Å². The highest BCUT2D eigenvalue weighted by Crippen LogP contribution is 2.38. The van der Waals surface area contributed by atoms with Gasteiger partial charge in [0.25, 0.3) is 0 Å². The van der Waals surface area contributed by atoms with E-state index in [1.807, 2.05) is 37.4 Å². The lowest BCUT2D eigenvalue weighted by atomic mass is 10.0. The number of hydrogen-bond donors (Lipinski definition) is 1. The van der Waals surface area contributed by atoms with Gasteiger partial charge in [-0.3, -0.25) is 0 Å². The Balaban J connectivity index is 2.53. The Labute approximate surface area is 120 Å². The molecule has 0 saturated heterocycles. The van der Waals surface area contributed by atoms with Gasteiger partial charge in [-0.25, -0.2) is 0 Å². The highest BCUT2D eigenvalue weighted by molar-refractivity contribution is 9.10. The lowest BCUT2D eigenvalue weighted by Gasteiger charge is -2.20. The first-order chi connectivity index (χ1) is 9.21. The van der Waals surface area contributed by atoms with Crippen molar-refractivity contribution in [2.45, 2.75) is 6.04 Å². The smallest absolute Gasteiger partial charge is 0.169 e. The molecule has 0 aliphatic carbocycles. The number of hydrogen-bond acceptors (Lipinski definition) is 4. The Bertz CT molecular complexity index is 531. The zero-order valence-electron chi connectivity index (χ0n) is 11.1. The van der Waals surface area contributed by atoms with Crippen LogP contribution in [0.2, 0.25) is 0 Å². The van der Waals surface area contributed by atoms with Gasteiger partial charge >= 0.3 is 0 Å². The highest BCUT2D eigenvalue weighted by atomic mass is 79.9. The molecule has 1 atom stereocenters. The van der Waals surface area contributed by atoms with Crippen LogP contribution in [0.5, 0.6) is 11.5 Å². The van der Waals surface area contributed by atoms with Crippen LogP contribution in [0.15, 0.2) is 39.4 Å². The quantitative estimate of drug-likeness (QED) is 0.915. The average Bonchev–Trinajstić information content (AvgIpc) is 2.86. The molecule has 0 radical (unpaired) electrons. The van der Waals surface area contributed by atoms with Crippen molar-refractivity contribution in [1.29, 1.82) is 0 Å². The number of ether oxygens (including phenoxy) is 2. The molecule has 0 aliphatic heterocycles. The Morgan fingerprint density at radius 1 is 1.11 bits per heavy atom. The SMILES string of the molecule is CNC(c1ccc(Br)o1)c1c(OC)cccc1OC. The molecule has 0 saturated carbocycles. The first-order valence-electron chi connectivity index (χ1n) is 5.84. The van der Waals surface area contributed by atoms with Crippen LogP contribution >= 0.6 is 15.9 Å². The number of benzene rings is 1. The van der Waals surface area contributed by atoms with E-state index < -0.39 is 0 Å². The third-order valence-electron chi connectivity index (χ3n) is 2.92. The first-order valence-corrected chi connectivity index (χ1v) is 6.64. The van der Waals surface area contributed by atoms with E-state index in [0.29, 0.717) is 4.67 Å². The molecule has 1 unspecified atom stereocenters. The molecule has 1 aromatic heterocycles. The molecule has 1 aromatic carbocycles. The van der Waals surface area contributed by atoms with Crippen LogP contribution in [0.25, 0.3) is 0 Å². The van der Waals surface area contributed by atoms with Gasteiger partial charge in [-0.15, -0.1) is 0 Å². The van der Waals surface area contributed by atoms with E-state index in [1.165, 1.54) is 0 Å². The summed E-state index contributed by atoms with van der Waals surface area (Å²) in [4.78, 5) is 0. The summed E-state index contributed by atoms with van der Waals surface area (Å²) >= 11 is 3.32. The number of furan rings is 1. The third kappa shape index (κ3) is 2.77. The largest absolute Gasteiger partial charge is 0.496 e. The second kappa shape index (κ2) is 6.12. The summed E-state index contributed by atoms with van der Waals surface area (Å²) in [6.07, 6.45) is 0. The van der Waals surface area contributed by atoms with Crippen molar-refractivity contribution in [3.8, 4) is 11.5 Å². The molecule has 0 amide bonds. The fourth-order valence-corrected chi connectivity index (χ4v) is 2.40. The average molecular weight is 326 g/mol. The second-order valence-electron chi connectivity index (χ2n) is 3.94. The molecule has 0 bridgehead atoms. The van der Waals surface area contributed by atoms with Crippen LogP contribution in [0.1, 0.15) is 17.4 Å². The van der Waals surface area contributed by atoms with Gasteiger partial charge in [-0.05, 0) is 47.2 Å². The molecule has 1 heterocycles. The maximum atomic E-state index is 5.63. The molecule has 0 spiro atoms. The summed E-state index contributed by atoms with van der Waals surface area (Å²) in [5.74, 6) is 2.30. The second-order valence-corrected chi connectivity index (χ2v) is 4.72. The van der Waals surface area contributed by atoms with Gasteiger partial charge in [0.05, 0.1) is 25.8 Å². The summed E-state index contributed by atoms with van der Waals surface area (Å²) in [5.41, 5.74) is 0.914. The molecule has 102 valence electrons. The lowest BCUT2D eigenvalue weighted by molar-refractivity contribution is 0.368. The summed E-state index contributed by atoms with van der Waals surface area (Å²) in [7, 11) is 5.15. The predicted molar refractivity (Wildman–Crippen MR) is 76.9 cm³/mol. The minimum absolute atomic E-state index is 0.141. The summed E-state index contributed by atoms with van der Waals surface area (Å²) < 4.78 is 17.2. The van der Waals surface area contributed by atoms with Crippen molar-refractivity contribution in [2.75, 3.05) is 21.3 Å². The standard InChI is InChI=1S/C14H16BrNO3/c1-16-14(11-7-8-12(15)19-11)13-9(17-2)5-4-6-10(13)18-3/h4-8,14,16H,1-3H3. The first kappa shape index (κ1) is 14.0. The Hall–Kier alpha value is -1.46. The highest BCUT2D eigenvalue weighted by Gasteiger charge is 2.23. The fourth-order valence-electron chi connectivity index (χ4n) is 2.08. The zero-order valence-corrected chi connectivity index (χ0v) is 12.7. The van der Waals surface area contributed by atoms with Crippen LogP contribution in [0.4, 0.5) is 0 Å². The van der Waals surface area contributed by atoms with Gasteiger partial charge in [0.2, 0.25) is 0 Å². The summed E-state index contributed by atoms with van der Waals surface area (Å²) in [6.45, 7) is 0. The van der Waals surface area contributed by atoms with Gasteiger partial charge in [-0.1, -0.05) is 6.07 Å². The van der Waals surface area contributed by atoms with Crippen molar-refractivity contribution in [3.05, 3.63) is 46.3 Å². The summed E-state index contributed by atoms with van der Waals surface area (Å²) in [5, 5.41) is 3.22. The number of halogens is 1. The van der Waals surface area contributed by atoms with E-state index in [0.717, 1.165) is 22.8 Å². The fraction of sp³-hybridized carbons (Fsp3) is 0.286. The third-order valence-corrected chi connectivity index (χ3v) is 3.35. The maximum Gasteiger partial charge on any atom is 0.169 e. The van der Waals surface area contributed by atoms with E-state index in [2.05, 4.69) is 21.2 Å². The maximum absolute atomic E-state index is 5.63. The van der Waals surface area contributed by atoms with E-state index in [9.17, 15) is 0 Å². The van der Waals surface area contributed by atoms with Crippen LogP contribution in [0.3, 0.4) is 0 Å². The number of rotatable bonds is 5. The molecule has 4 nitrogen and oxygen atoms in total. The van der Waals surface area contributed by atoms with Gasteiger partial charge in [0, 0.05) is 0 Å². The molecule has 5 heteroatoms. The predicted octanol–water partition coefficient (Wildman–Crippen LogP) is 3.37. The van der Waals surface area contributed by atoms with Crippen molar-refractivity contribution in [3.63, 3.8) is 0 Å². The minimum Gasteiger partial charge on any atom is -0.496 e. The van der Waals surface area contributed by atoms with Gasteiger partial charge in [0.15, 0.2) is 4.67 Å². The van der Waals surface area contributed by atoms with Crippen LogP contribution in [-0.4, -0.2) is 21.3 Å². The van der Waals surface area contributed by atoms with Crippen LogP contribution < -0.4 is 14.8 Å². The normalized spacial score (nSPS) is 12.2. The van der Waals surface area contributed by atoms with Crippen LogP contribution in [-0.2, 0) is 0 Å².